The fourth-order valence-electron chi connectivity index (χ4n) is 2.73. The first-order valence-corrected chi connectivity index (χ1v) is 8.24. The lowest BCUT2D eigenvalue weighted by atomic mass is 10.1. The Balaban J connectivity index is 2.02. The van der Waals surface area contributed by atoms with Crippen molar-refractivity contribution >= 4 is 31.8 Å². The van der Waals surface area contributed by atoms with Gasteiger partial charge >= 0.3 is 8.60 Å². The predicted molar refractivity (Wildman–Crippen MR) is 89.4 cm³/mol. The number of carbonyl (C=O) groups excluding carboxylic acids is 1. The Kier molecular flexibility index (Phi) is 4.33. The summed E-state index contributed by atoms with van der Waals surface area (Å²) in [7, 11) is -2.51. The number of carbonyl (C=O) groups is 1. The Labute approximate surface area is 135 Å². The highest BCUT2D eigenvalue weighted by molar-refractivity contribution is 7.39. The number of nitrogens with zero attached hydrogens (tertiary/aromatic N) is 1. The van der Waals surface area contributed by atoms with E-state index in [1.807, 2.05) is 44.2 Å². The molecule has 0 saturated heterocycles. The van der Waals surface area contributed by atoms with Crippen LogP contribution in [0.1, 0.15) is 22.5 Å². The zero-order valence-corrected chi connectivity index (χ0v) is 13.7. The first-order valence-electron chi connectivity index (χ1n) is 7.07. The molecule has 120 valence electrons. The second-order valence-electron chi connectivity index (χ2n) is 5.37. The normalized spacial score (nSPS) is 15.8. The fourth-order valence-corrected chi connectivity index (χ4v) is 2.95. The van der Waals surface area contributed by atoms with E-state index in [0.717, 1.165) is 22.5 Å². The van der Waals surface area contributed by atoms with Gasteiger partial charge in [0.2, 0.25) is 0 Å². The summed E-state index contributed by atoms with van der Waals surface area (Å²) >= 11 is 0. The van der Waals surface area contributed by atoms with Gasteiger partial charge in [-0.2, -0.15) is 0 Å². The van der Waals surface area contributed by atoms with Gasteiger partial charge in [-0.25, -0.2) is 0 Å². The number of benzene rings is 1. The van der Waals surface area contributed by atoms with E-state index in [-0.39, 0.29) is 12.6 Å². The topological polar surface area (TPSA) is 85.8 Å². The Morgan fingerprint density at radius 1 is 1.30 bits per heavy atom. The van der Waals surface area contributed by atoms with Crippen LogP contribution in [-0.2, 0) is 9.32 Å². The first-order chi connectivity index (χ1) is 11.0. The number of rotatable bonds is 4. The largest absolute Gasteiger partial charge is 0.359 e. The smallest absolute Gasteiger partial charge is 0.328 e. The molecule has 1 aliphatic heterocycles. The standard InChI is InChI=1S/C16H17N2O4P/c1-10-7-11(2)17-14(10)8-13-12-5-3-4-6-15(12)18(16(13)19)9-22-23(20)21/h3-8,17,20-21H,9H2,1-2H3/b13-8-. The third-order valence-electron chi connectivity index (χ3n) is 3.74. The van der Waals surface area contributed by atoms with Gasteiger partial charge in [0.1, 0.15) is 6.73 Å². The Morgan fingerprint density at radius 3 is 2.70 bits per heavy atom. The number of H-pyrrole nitrogens is 1. The van der Waals surface area contributed by atoms with E-state index in [0.29, 0.717) is 11.3 Å². The maximum Gasteiger partial charge on any atom is 0.328 e. The SMILES string of the molecule is Cc1cc(C)c(/C=C2\C(=O)N(COP(O)O)c3ccccc32)[nH]1. The van der Waals surface area contributed by atoms with Gasteiger partial charge in [-0.1, -0.05) is 18.2 Å². The van der Waals surface area contributed by atoms with Crippen LogP contribution < -0.4 is 4.90 Å². The summed E-state index contributed by atoms with van der Waals surface area (Å²) in [4.78, 5) is 35.2. The summed E-state index contributed by atoms with van der Waals surface area (Å²) in [6, 6.07) is 9.38. The molecule has 3 N–H and O–H groups in total. The van der Waals surface area contributed by atoms with Gasteiger partial charge in [-0.05, 0) is 37.6 Å². The minimum absolute atomic E-state index is 0.200. The number of amides is 1. The average Bonchev–Trinajstić information content (AvgIpc) is 2.95. The molecule has 3 rings (SSSR count). The fraction of sp³-hybridized carbons (Fsp3) is 0.188. The van der Waals surface area contributed by atoms with E-state index < -0.39 is 8.60 Å². The number of aromatic nitrogens is 1. The summed E-state index contributed by atoms with van der Waals surface area (Å²) in [5.74, 6) is -0.227. The molecule has 0 aliphatic carbocycles. The van der Waals surface area contributed by atoms with Crippen LogP contribution in [0.4, 0.5) is 5.69 Å². The number of anilines is 1. The highest BCUT2D eigenvalue weighted by Gasteiger charge is 2.32. The van der Waals surface area contributed by atoms with E-state index in [9.17, 15) is 4.79 Å². The van der Waals surface area contributed by atoms with Gasteiger partial charge in [0.15, 0.2) is 0 Å². The third-order valence-corrected chi connectivity index (χ3v) is 4.09. The molecule has 1 aromatic carbocycles. The van der Waals surface area contributed by atoms with Crippen molar-refractivity contribution in [1.29, 1.82) is 0 Å². The molecule has 1 amide bonds. The second-order valence-corrected chi connectivity index (χ2v) is 6.13. The number of hydrogen-bond acceptors (Lipinski definition) is 4. The summed E-state index contributed by atoms with van der Waals surface area (Å²) in [6.45, 7) is 3.74. The minimum atomic E-state index is -2.51. The van der Waals surface area contributed by atoms with E-state index >= 15 is 0 Å². The number of hydrogen-bond donors (Lipinski definition) is 3. The highest BCUT2D eigenvalue weighted by atomic mass is 31.2. The number of fused-ring (bicyclic) bond motifs is 1. The van der Waals surface area contributed by atoms with Crippen LogP contribution in [0.5, 0.6) is 0 Å². The van der Waals surface area contributed by atoms with Crippen molar-refractivity contribution in [1.82, 2.24) is 4.98 Å². The molecule has 0 fully saturated rings. The zero-order chi connectivity index (χ0) is 16.6. The minimum Gasteiger partial charge on any atom is -0.359 e. The number of aromatic amines is 1. The van der Waals surface area contributed by atoms with E-state index in [1.54, 1.807) is 6.07 Å². The molecule has 7 heteroatoms. The molecular weight excluding hydrogens is 315 g/mol. The summed E-state index contributed by atoms with van der Waals surface area (Å²) in [6.07, 6.45) is 1.82. The lowest BCUT2D eigenvalue weighted by molar-refractivity contribution is -0.113. The van der Waals surface area contributed by atoms with Crippen LogP contribution in [0.15, 0.2) is 30.3 Å². The Hall–Kier alpha value is -1.98. The van der Waals surface area contributed by atoms with Gasteiger partial charge in [0.25, 0.3) is 5.91 Å². The molecule has 23 heavy (non-hydrogen) atoms. The Bertz CT molecular complexity index is 782. The van der Waals surface area contributed by atoms with Crippen molar-refractivity contribution in [2.24, 2.45) is 0 Å². The molecule has 0 spiro atoms. The molecule has 0 atom stereocenters. The van der Waals surface area contributed by atoms with Gasteiger partial charge in [0, 0.05) is 17.0 Å². The lowest BCUT2D eigenvalue weighted by Gasteiger charge is -2.16. The van der Waals surface area contributed by atoms with Gasteiger partial charge in [-0.15, -0.1) is 0 Å². The number of para-hydroxylation sites is 1. The third kappa shape index (κ3) is 3.07. The molecule has 0 radical (unpaired) electrons. The van der Waals surface area contributed by atoms with Crippen molar-refractivity contribution in [3.8, 4) is 0 Å². The maximum absolute atomic E-state index is 12.7. The lowest BCUT2D eigenvalue weighted by Crippen LogP contribution is -2.28. The summed E-state index contributed by atoms with van der Waals surface area (Å²) < 4.78 is 4.83. The van der Waals surface area contributed by atoms with Crippen molar-refractivity contribution in [2.45, 2.75) is 13.8 Å². The molecule has 0 saturated carbocycles. The second kappa shape index (κ2) is 6.26. The van der Waals surface area contributed by atoms with E-state index in [2.05, 4.69) is 4.98 Å². The quantitative estimate of drug-likeness (QED) is 0.593. The summed E-state index contributed by atoms with van der Waals surface area (Å²) in [5.41, 5.74) is 5.02. The summed E-state index contributed by atoms with van der Waals surface area (Å²) in [5, 5.41) is 0. The molecule has 2 aromatic rings. The molecule has 6 nitrogen and oxygen atoms in total. The van der Waals surface area contributed by atoms with Crippen LogP contribution in [0.25, 0.3) is 11.6 Å². The maximum atomic E-state index is 12.7. The molecular formula is C16H17N2O4P. The van der Waals surface area contributed by atoms with Crippen LogP contribution in [0.2, 0.25) is 0 Å². The highest BCUT2D eigenvalue weighted by Crippen LogP contribution is 2.39. The van der Waals surface area contributed by atoms with Gasteiger partial charge in [0.05, 0.1) is 11.3 Å². The first kappa shape index (κ1) is 15.9. The molecule has 0 bridgehead atoms. The average molecular weight is 332 g/mol. The molecule has 1 aliphatic rings. The number of nitrogens with one attached hydrogen (secondary N) is 1. The van der Waals surface area contributed by atoms with Crippen LogP contribution in [0, 0.1) is 13.8 Å². The predicted octanol–water partition coefficient (Wildman–Crippen LogP) is 2.70. The van der Waals surface area contributed by atoms with Crippen molar-refractivity contribution < 1.29 is 19.1 Å². The number of aryl methyl sites for hydroxylation is 2. The van der Waals surface area contributed by atoms with Gasteiger partial charge < -0.3 is 14.8 Å². The van der Waals surface area contributed by atoms with Crippen molar-refractivity contribution in [3.05, 3.63) is 52.8 Å². The van der Waals surface area contributed by atoms with Gasteiger partial charge in [-0.3, -0.25) is 14.2 Å². The van der Waals surface area contributed by atoms with E-state index in [4.69, 9.17) is 14.3 Å². The monoisotopic (exact) mass is 332 g/mol. The Morgan fingerprint density at radius 2 is 2.04 bits per heavy atom. The van der Waals surface area contributed by atoms with Crippen molar-refractivity contribution in [2.75, 3.05) is 11.6 Å². The van der Waals surface area contributed by atoms with Crippen LogP contribution >= 0.6 is 8.60 Å². The zero-order valence-electron chi connectivity index (χ0n) is 12.8. The van der Waals surface area contributed by atoms with Crippen LogP contribution in [-0.4, -0.2) is 27.4 Å². The molecule has 2 heterocycles. The van der Waals surface area contributed by atoms with Crippen molar-refractivity contribution in [3.63, 3.8) is 0 Å². The van der Waals surface area contributed by atoms with E-state index in [1.165, 1.54) is 4.90 Å². The molecule has 0 unspecified atom stereocenters. The van der Waals surface area contributed by atoms with Crippen LogP contribution in [0.3, 0.4) is 0 Å². The molecule has 1 aromatic heterocycles.